The first-order valence-corrected chi connectivity index (χ1v) is 5.03. The molecule has 5 nitrogen and oxygen atoms in total. The predicted octanol–water partition coefficient (Wildman–Crippen LogP) is 0.828. The van der Waals surface area contributed by atoms with Gasteiger partial charge in [-0.05, 0) is 47.7 Å². The minimum Gasteiger partial charge on any atom is -0.330 e. The fourth-order valence-corrected chi connectivity index (χ4v) is 1.40. The lowest BCUT2D eigenvalue weighted by Gasteiger charge is -2.03. The fraction of sp³-hybridized carbons (Fsp3) is 0.300. The number of hydrogen-bond acceptors (Lipinski definition) is 4. The summed E-state index contributed by atoms with van der Waals surface area (Å²) in [5.41, 5.74) is 6.22. The van der Waals surface area contributed by atoms with Gasteiger partial charge in [0.15, 0.2) is 5.82 Å². The number of halogens is 1. The van der Waals surface area contributed by atoms with E-state index in [1.54, 1.807) is 16.8 Å². The van der Waals surface area contributed by atoms with E-state index in [0.29, 0.717) is 18.9 Å². The topological polar surface area (TPSA) is 69.6 Å². The number of aryl methyl sites for hydroxylation is 1. The molecule has 0 saturated heterocycles. The third kappa shape index (κ3) is 2.22. The van der Waals surface area contributed by atoms with E-state index in [4.69, 9.17) is 5.73 Å². The molecule has 0 unspecified atom stereocenters. The first kappa shape index (κ1) is 10.7. The van der Waals surface area contributed by atoms with Gasteiger partial charge in [-0.2, -0.15) is 0 Å². The zero-order valence-electron chi connectivity index (χ0n) is 8.67. The Morgan fingerprint density at radius 3 is 2.69 bits per heavy atom. The summed E-state index contributed by atoms with van der Waals surface area (Å²) in [4.78, 5) is 0. The van der Waals surface area contributed by atoms with E-state index in [1.165, 1.54) is 12.1 Å². The van der Waals surface area contributed by atoms with Crippen LogP contribution in [0.2, 0.25) is 0 Å². The number of nitrogens with zero attached hydrogens (tertiary/aromatic N) is 4. The van der Waals surface area contributed by atoms with Crippen LogP contribution in [0.1, 0.15) is 6.42 Å². The molecule has 0 bridgehead atoms. The fourth-order valence-electron chi connectivity index (χ4n) is 1.40. The Bertz CT molecular complexity index is 450. The van der Waals surface area contributed by atoms with Crippen LogP contribution in [-0.4, -0.2) is 26.8 Å². The van der Waals surface area contributed by atoms with Crippen LogP contribution in [0.5, 0.6) is 0 Å². The molecule has 16 heavy (non-hydrogen) atoms. The summed E-state index contributed by atoms with van der Waals surface area (Å²) in [6.07, 6.45) is 0.805. The summed E-state index contributed by atoms with van der Waals surface area (Å²) in [5.74, 6) is 0.359. The smallest absolute Gasteiger partial charge is 0.182 e. The predicted molar refractivity (Wildman–Crippen MR) is 56.9 cm³/mol. The van der Waals surface area contributed by atoms with Gasteiger partial charge in [0.2, 0.25) is 0 Å². The first-order valence-electron chi connectivity index (χ1n) is 5.03. The highest BCUT2D eigenvalue weighted by Gasteiger charge is 2.07. The third-order valence-electron chi connectivity index (χ3n) is 2.21. The van der Waals surface area contributed by atoms with Gasteiger partial charge in [-0.1, -0.05) is 0 Å². The number of nitrogens with two attached hydrogens (primary N) is 1. The summed E-state index contributed by atoms with van der Waals surface area (Å²) in [7, 11) is 0. The van der Waals surface area contributed by atoms with Gasteiger partial charge in [0.05, 0.1) is 0 Å². The lowest BCUT2D eigenvalue weighted by Crippen LogP contribution is -2.08. The second kappa shape index (κ2) is 4.80. The molecule has 0 amide bonds. The van der Waals surface area contributed by atoms with Gasteiger partial charge in [-0.25, -0.2) is 9.07 Å². The largest absolute Gasteiger partial charge is 0.330 e. The van der Waals surface area contributed by atoms with Crippen molar-refractivity contribution in [3.63, 3.8) is 0 Å². The van der Waals surface area contributed by atoms with Crippen molar-refractivity contribution in [2.75, 3.05) is 6.54 Å². The zero-order chi connectivity index (χ0) is 11.4. The van der Waals surface area contributed by atoms with E-state index in [0.717, 1.165) is 12.0 Å². The maximum Gasteiger partial charge on any atom is 0.182 e. The molecule has 0 aliphatic heterocycles. The molecule has 0 fully saturated rings. The molecule has 1 aromatic carbocycles. The maximum atomic E-state index is 12.8. The molecule has 1 aromatic heterocycles. The molecular formula is C10H12FN5. The zero-order valence-corrected chi connectivity index (χ0v) is 8.67. The van der Waals surface area contributed by atoms with Gasteiger partial charge in [0.1, 0.15) is 5.82 Å². The second-order valence-corrected chi connectivity index (χ2v) is 3.37. The van der Waals surface area contributed by atoms with Crippen LogP contribution in [0, 0.1) is 5.82 Å². The molecule has 0 atom stereocenters. The molecule has 0 radical (unpaired) electrons. The Morgan fingerprint density at radius 2 is 2.00 bits per heavy atom. The third-order valence-corrected chi connectivity index (χ3v) is 2.21. The van der Waals surface area contributed by atoms with Crippen molar-refractivity contribution in [2.24, 2.45) is 5.73 Å². The molecule has 2 N–H and O–H groups in total. The Balaban J connectivity index is 2.26. The van der Waals surface area contributed by atoms with Gasteiger partial charge in [-0.3, -0.25) is 0 Å². The average molecular weight is 221 g/mol. The molecule has 0 aliphatic rings. The van der Waals surface area contributed by atoms with Crippen LogP contribution >= 0.6 is 0 Å². The summed E-state index contributed by atoms with van der Waals surface area (Å²) in [6, 6.07) is 6.08. The maximum absolute atomic E-state index is 12.8. The van der Waals surface area contributed by atoms with Crippen LogP contribution in [-0.2, 0) is 6.54 Å². The Morgan fingerprint density at radius 1 is 1.25 bits per heavy atom. The standard InChI is InChI=1S/C10H12FN5/c11-9-4-2-8(3-5-9)10-13-14-15-16(10)7-1-6-12/h2-5H,1,6-7,12H2. The molecule has 1 heterocycles. The highest BCUT2D eigenvalue weighted by Crippen LogP contribution is 2.15. The van der Waals surface area contributed by atoms with Crippen molar-refractivity contribution in [3.8, 4) is 11.4 Å². The Hall–Kier alpha value is -1.82. The second-order valence-electron chi connectivity index (χ2n) is 3.37. The number of aromatic nitrogens is 4. The molecule has 2 aromatic rings. The van der Waals surface area contributed by atoms with Crippen molar-refractivity contribution in [2.45, 2.75) is 13.0 Å². The number of tetrazole rings is 1. The van der Waals surface area contributed by atoms with Crippen molar-refractivity contribution < 1.29 is 4.39 Å². The number of hydrogen-bond donors (Lipinski definition) is 1. The van der Waals surface area contributed by atoms with E-state index in [9.17, 15) is 4.39 Å². The normalized spacial score (nSPS) is 10.6. The number of benzene rings is 1. The van der Waals surface area contributed by atoms with Crippen LogP contribution < -0.4 is 5.73 Å². The summed E-state index contributed by atoms with van der Waals surface area (Å²) < 4.78 is 14.4. The van der Waals surface area contributed by atoms with E-state index < -0.39 is 0 Å². The SMILES string of the molecule is NCCCn1nnnc1-c1ccc(F)cc1. The van der Waals surface area contributed by atoms with Crippen molar-refractivity contribution in [3.05, 3.63) is 30.1 Å². The van der Waals surface area contributed by atoms with Gasteiger partial charge in [0, 0.05) is 12.1 Å². The highest BCUT2D eigenvalue weighted by atomic mass is 19.1. The quantitative estimate of drug-likeness (QED) is 0.830. The van der Waals surface area contributed by atoms with Gasteiger partial charge >= 0.3 is 0 Å². The molecule has 6 heteroatoms. The van der Waals surface area contributed by atoms with Crippen LogP contribution in [0.25, 0.3) is 11.4 Å². The highest BCUT2D eigenvalue weighted by molar-refractivity contribution is 5.53. The number of rotatable bonds is 4. The van der Waals surface area contributed by atoms with Gasteiger partial charge < -0.3 is 5.73 Å². The molecule has 84 valence electrons. The average Bonchev–Trinajstić information content (AvgIpc) is 2.75. The van der Waals surface area contributed by atoms with Crippen LogP contribution in [0.4, 0.5) is 4.39 Å². The van der Waals surface area contributed by atoms with E-state index >= 15 is 0 Å². The first-order chi connectivity index (χ1) is 7.81. The summed E-state index contributed by atoms with van der Waals surface area (Å²) in [5, 5.41) is 11.4. The van der Waals surface area contributed by atoms with E-state index in [2.05, 4.69) is 15.5 Å². The minimum atomic E-state index is -0.273. The summed E-state index contributed by atoms with van der Waals surface area (Å²) >= 11 is 0. The van der Waals surface area contributed by atoms with E-state index in [1.807, 2.05) is 0 Å². The van der Waals surface area contributed by atoms with Gasteiger partial charge in [-0.15, -0.1) is 5.10 Å². The van der Waals surface area contributed by atoms with Crippen molar-refractivity contribution in [1.29, 1.82) is 0 Å². The monoisotopic (exact) mass is 221 g/mol. The van der Waals surface area contributed by atoms with E-state index in [-0.39, 0.29) is 5.82 Å². The minimum absolute atomic E-state index is 0.273. The molecule has 0 saturated carbocycles. The van der Waals surface area contributed by atoms with Crippen molar-refractivity contribution in [1.82, 2.24) is 20.2 Å². The Labute approximate surface area is 92.1 Å². The van der Waals surface area contributed by atoms with Crippen molar-refractivity contribution >= 4 is 0 Å². The van der Waals surface area contributed by atoms with Crippen LogP contribution in [0.3, 0.4) is 0 Å². The summed E-state index contributed by atoms with van der Waals surface area (Å²) in [6.45, 7) is 1.25. The lowest BCUT2D eigenvalue weighted by molar-refractivity contribution is 0.568. The van der Waals surface area contributed by atoms with Gasteiger partial charge in [0.25, 0.3) is 0 Å². The Kier molecular flexibility index (Phi) is 3.21. The lowest BCUT2D eigenvalue weighted by atomic mass is 10.2. The molecule has 0 spiro atoms. The molecular weight excluding hydrogens is 209 g/mol. The van der Waals surface area contributed by atoms with Crippen LogP contribution in [0.15, 0.2) is 24.3 Å². The molecule has 2 rings (SSSR count). The molecule has 0 aliphatic carbocycles.